The number of amides is 1. The molecule has 0 aliphatic rings. The van der Waals surface area contributed by atoms with Crippen LogP contribution in [0.2, 0.25) is 0 Å². The average molecular weight is 283 g/mol. The molecule has 0 aliphatic carbocycles. The van der Waals surface area contributed by atoms with Gasteiger partial charge in [-0.25, -0.2) is 9.78 Å². The number of carbonyl (C=O) groups excluding carboxylic acids is 1. The summed E-state index contributed by atoms with van der Waals surface area (Å²) in [5.74, 6) is 5.25. The van der Waals surface area contributed by atoms with Crippen molar-refractivity contribution in [1.29, 1.82) is 0 Å². The minimum Gasteiger partial charge on any atom is -0.444 e. The molecule has 0 atom stereocenters. The zero-order valence-electron chi connectivity index (χ0n) is 10.7. The number of thiazole rings is 1. The molecule has 1 aromatic rings. The molecule has 1 aromatic heterocycles. The van der Waals surface area contributed by atoms with Crippen molar-refractivity contribution >= 4 is 22.4 Å². The molecule has 0 saturated heterocycles. The Hall–Kier alpha value is -2.14. The lowest BCUT2D eigenvalue weighted by atomic mass is 10.2. The van der Waals surface area contributed by atoms with Gasteiger partial charge >= 0.3 is 11.1 Å². The average Bonchev–Trinajstić information content (AvgIpc) is 2.70. The van der Waals surface area contributed by atoms with Crippen LogP contribution < -0.4 is 5.32 Å². The zero-order valence-corrected chi connectivity index (χ0v) is 11.5. The first-order chi connectivity index (χ1) is 8.78. The molecule has 19 heavy (non-hydrogen) atoms. The van der Waals surface area contributed by atoms with E-state index in [9.17, 15) is 14.9 Å². The first-order valence-electron chi connectivity index (χ1n) is 5.34. The number of hydrogen-bond donors (Lipinski definition) is 1. The maximum Gasteiger partial charge on any atom is 0.408 e. The van der Waals surface area contributed by atoms with Gasteiger partial charge in [0.2, 0.25) is 0 Å². The fourth-order valence-electron chi connectivity index (χ4n) is 0.958. The van der Waals surface area contributed by atoms with E-state index in [0.29, 0.717) is 5.01 Å². The topological polar surface area (TPSA) is 94.4 Å². The Morgan fingerprint density at radius 1 is 1.63 bits per heavy atom. The Labute approximate surface area is 114 Å². The maximum absolute atomic E-state index is 11.3. The Morgan fingerprint density at radius 3 is 2.84 bits per heavy atom. The highest BCUT2D eigenvalue weighted by Gasteiger charge is 2.15. The summed E-state index contributed by atoms with van der Waals surface area (Å²) in [6.45, 7) is 5.36. The van der Waals surface area contributed by atoms with E-state index in [1.807, 2.05) is 0 Å². The highest BCUT2D eigenvalue weighted by molar-refractivity contribution is 7.15. The summed E-state index contributed by atoms with van der Waals surface area (Å²) in [4.78, 5) is 24.9. The number of nitrogens with one attached hydrogen (secondary N) is 1. The molecule has 0 spiro atoms. The summed E-state index contributed by atoms with van der Waals surface area (Å²) in [7, 11) is 0. The van der Waals surface area contributed by atoms with Crippen LogP contribution in [0.5, 0.6) is 0 Å². The Kier molecular flexibility index (Phi) is 4.83. The normalized spacial score (nSPS) is 10.3. The van der Waals surface area contributed by atoms with Gasteiger partial charge in [0.25, 0.3) is 0 Å². The van der Waals surface area contributed by atoms with Gasteiger partial charge in [-0.2, -0.15) is 0 Å². The molecule has 0 saturated carbocycles. The summed E-state index contributed by atoms with van der Waals surface area (Å²) in [6, 6.07) is 0. The van der Waals surface area contributed by atoms with Gasteiger partial charge in [-0.3, -0.25) is 10.1 Å². The standard InChI is InChI=1S/C11H13N3O4S/c1-11(2,3)18-10(15)12-6-4-5-8-13-7-9(19-8)14(16)17/h7H,6H2,1-3H3,(H,12,15). The number of alkyl carbamates (subject to hydrolysis) is 1. The van der Waals surface area contributed by atoms with Gasteiger partial charge in [-0.05, 0) is 38.0 Å². The van der Waals surface area contributed by atoms with Gasteiger partial charge in [-0.15, -0.1) is 0 Å². The number of nitro groups is 1. The quantitative estimate of drug-likeness (QED) is 0.508. The van der Waals surface area contributed by atoms with Gasteiger partial charge < -0.3 is 10.1 Å². The molecular weight excluding hydrogens is 270 g/mol. The molecule has 1 heterocycles. The zero-order chi connectivity index (χ0) is 14.5. The Bertz CT molecular complexity index is 536. The number of rotatable bonds is 2. The van der Waals surface area contributed by atoms with Crippen LogP contribution in [0.1, 0.15) is 25.8 Å². The third-order valence-corrected chi connectivity index (χ3v) is 2.45. The molecule has 0 radical (unpaired) electrons. The van der Waals surface area contributed by atoms with Gasteiger partial charge in [0, 0.05) is 0 Å². The third kappa shape index (κ3) is 5.83. The fourth-order valence-corrected chi connectivity index (χ4v) is 1.56. The summed E-state index contributed by atoms with van der Waals surface area (Å²) in [5.41, 5.74) is -0.562. The third-order valence-electron chi connectivity index (χ3n) is 1.59. The second-order valence-corrected chi connectivity index (χ2v) is 5.43. The van der Waals surface area contributed by atoms with E-state index in [1.54, 1.807) is 20.8 Å². The largest absolute Gasteiger partial charge is 0.444 e. The van der Waals surface area contributed by atoms with Crippen molar-refractivity contribution < 1.29 is 14.5 Å². The number of carbonyl (C=O) groups is 1. The molecule has 0 unspecified atom stereocenters. The Balaban J connectivity index is 2.43. The van der Waals surface area contributed by atoms with Gasteiger partial charge in [-0.1, -0.05) is 5.92 Å². The highest BCUT2D eigenvalue weighted by atomic mass is 32.1. The predicted molar refractivity (Wildman–Crippen MR) is 69.9 cm³/mol. The van der Waals surface area contributed by atoms with E-state index in [-0.39, 0.29) is 11.5 Å². The second kappa shape index (κ2) is 6.15. The van der Waals surface area contributed by atoms with Gasteiger partial charge in [0.15, 0.2) is 5.01 Å². The predicted octanol–water partition coefficient (Wildman–Crippen LogP) is 1.93. The van der Waals surface area contributed by atoms with Crippen LogP contribution in [-0.4, -0.2) is 28.1 Å². The van der Waals surface area contributed by atoms with Crippen LogP contribution >= 0.6 is 11.3 Å². The van der Waals surface area contributed by atoms with E-state index in [4.69, 9.17) is 4.74 Å². The van der Waals surface area contributed by atoms with Crippen LogP contribution in [0, 0.1) is 22.0 Å². The van der Waals surface area contributed by atoms with Crippen molar-refractivity contribution in [3.05, 3.63) is 21.3 Å². The van der Waals surface area contributed by atoms with Crippen molar-refractivity contribution in [2.75, 3.05) is 6.54 Å². The molecule has 0 aromatic carbocycles. The van der Waals surface area contributed by atoms with E-state index in [2.05, 4.69) is 22.1 Å². The Morgan fingerprint density at radius 2 is 2.32 bits per heavy atom. The van der Waals surface area contributed by atoms with Crippen LogP contribution in [0.3, 0.4) is 0 Å². The molecule has 1 amide bonds. The molecule has 0 aliphatic heterocycles. The lowest BCUT2D eigenvalue weighted by molar-refractivity contribution is -0.380. The SMILES string of the molecule is CC(C)(C)OC(=O)NCC#Cc1ncc([N+](=O)[O-])s1. The molecule has 0 fully saturated rings. The lowest BCUT2D eigenvalue weighted by Crippen LogP contribution is -2.32. The van der Waals surface area contributed by atoms with Crippen LogP contribution in [0.15, 0.2) is 6.20 Å². The molecule has 1 rings (SSSR count). The first-order valence-corrected chi connectivity index (χ1v) is 6.15. The van der Waals surface area contributed by atoms with Crippen LogP contribution in [-0.2, 0) is 4.74 Å². The van der Waals surface area contributed by atoms with Gasteiger partial charge in [0.05, 0.1) is 11.5 Å². The molecule has 7 nitrogen and oxygen atoms in total. The maximum atomic E-state index is 11.3. The fraction of sp³-hybridized carbons (Fsp3) is 0.455. The van der Waals surface area contributed by atoms with Crippen LogP contribution in [0.4, 0.5) is 9.80 Å². The smallest absolute Gasteiger partial charge is 0.408 e. The second-order valence-electron chi connectivity index (χ2n) is 4.42. The summed E-state index contributed by atoms with van der Waals surface area (Å²) >= 11 is 0.882. The minimum atomic E-state index is -0.563. The van der Waals surface area contributed by atoms with Crippen molar-refractivity contribution in [2.24, 2.45) is 0 Å². The molecule has 1 N–H and O–H groups in total. The van der Waals surface area contributed by atoms with E-state index in [1.165, 1.54) is 0 Å². The lowest BCUT2D eigenvalue weighted by Gasteiger charge is -2.18. The van der Waals surface area contributed by atoms with E-state index >= 15 is 0 Å². The van der Waals surface area contributed by atoms with E-state index < -0.39 is 16.6 Å². The minimum absolute atomic E-state index is 0.0654. The molecule has 0 bridgehead atoms. The monoisotopic (exact) mass is 283 g/mol. The molecule has 8 heteroatoms. The number of hydrogen-bond acceptors (Lipinski definition) is 6. The molecular formula is C11H13N3O4S. The summed E-state index contributed by atoms with van der Waals surface area (Å²) in [6.07, 6.45) is 0.586. The first kappa shape index (κ1) is 14.9. The van der Waals surface area contributed by atoms with Crippen molar-refractivity contribution in [2.45, 2.75) is 26.4 Å². The van der Waals surface area contributed by atoms with Crippen LogP contribution in [0.25, 0.3) is 0 Å². The van der Waals surface area contributed by atoms with Gasteiger partial charge in [0.1, 0.15) is 11.8 Å². The number of ether oxygens (including phenoxy) is 1. The summed E-state index contributed by atoms with van der Waals surface area (Å²) < 4.78 is 5.01. The highest BCUT2D eigenvalue weighted by Crippen LogP contribution is 2.19. The van der Waals surface area contributed by atoms with E-state index in [0.717, 1.165) is 17.5 Å². The van der Waals surface area contributed by atoms with Crippen molar-refractivity contribution in [3.63, 3.8) is 0 Å². The molecule has 102 valence electrons. The number of aromatic nitrogens is 1. The summed E-state index contributed by atoms with van der Waals surface area (Å²) in [5, 5.41) is 13.1. The van der Waals surface area contributed by atoms with Crippen molar-refractivity contribution in [3.8, 4) is 11.8 Å². The number of nitrogens with zero attached hydrogens (tertiary/aromatic N) is 2. The van der Waals surface area contributed by atoms with Crippen molar-refractivity contribution in [1.82, 2.24) is 10.3 Å².